The van der Waals surface area contributed by atoms with Gasteiger partial charge in [-0.2, -0.15) is 0 Å². The van der Waals surface area contributed by atoms with E-state index in [2.05, 4.69) is 10.3 Å². The molecule has 3 N–H and O–H groups in total. The predicted octanol–water partition coefficient (Wildman–Crippen LogP) is 1.32. The molecule has 0 saturated carbocycles. The van der Waals surface area contributed by atoms with Crippen molar-refractivity contribution < 1.29 is 14.3 Å². The molecular weight excluding hydrogens is 287 g/mol. The number of hydrogen-bond donors (Lipinski definition) is 2. The van der Waals surface area contributed by atoms with Crippen molar-refractivity contribution >= 4 is 17.6 Å². The van der Waals surface area contributed by atoms with Gasteiger partial charge in [0.2, 0.25) is 0 Å². The van der Waals surface area contributed by atoms with Crippen LogP contribution < -0.4 is 5.73 Å². The quantitative estimate of drug-likeness (QED) is 0.868. The lowest BCUT2D eigenvalue weighted by Gasteiger charge is -2.08. The van der Waals surface area contributed by atoms with Gasteiger partial charge in [-0.15, -0.1) is 5.10 Å². The van der Waals surface area contributed by atoms with E-state index >= 15 is 0 Å². The SMILES string of the molecule is NCCc1c(C(=O)O)nnn1Cc1c(F)cccc1Cl. The van der Waals surface area contributed by atoms with Crippen molar-refractivity contribution in [2.24, 2.45) is 5.73 Å². The zero-order chi connectivity index (χ0) is 14.7. The van der Waals surface area contributed by atoms with E-state index < -0.39 is 11.8 Å². The normalized spacial score (nSPS) is 10.8. The lowest BCUT2D eigenvalue weighted by atomic mass is 10.2. The van der Waals surface area contributed by atoms with Crippen molar-refractivity contribution in [3.63, 3.8) is 0 Å². The number of nitrogens with two attached hydrogens (primary N) is 1. The Morgan fingerprint density at radius 2 is 2.25 bits per heavy atom. The molecule has 2 rings (SSSR count). The van der Waals surface area contributed by atoms with Crippen molar-refractivity contribution in [1.29, 1.82) is 0 Å². The van der Waals surface area contributed by atoms with Gasteiger partial charge in [0.1, 0.15) is 5.82 Å². The highest BCUT2D eigenvalue weighted by atomic mass is 35.5. The number of benzene rings is 1. The zero-order valence-corrected chi connectivity index (χ0v) is 11.1. The average Bonchev–Trinajstić information content (AvgIpc) is 2.78. The molecule has 0 atom stereocenters. The van der Waals surface area contributed by atoms with Gasteiger partial charge in [0.05, 0.1) is 12.2 Å². The number of aromatic carboxylic acids is 1. The number of hydrogen-bond acceptors (Lipinski definition) is 4. The Morgan fingerprint density at radius 3 is 2.85 bits per heavy atom. The van der Waals surface area contributed by atoms with E-state index in [9.17, 15) is 9.18 Å². The lowest BCUT2D eigenvalue weighted by Crippen LogP contribution is -2.14. The Labute approximate surface area is 119 Å². The summed E-state index contributed by atoms with van der Waals surface area (Å²) in [7, 11) is 0. The third kappa shape index (κ3) is 2.78. The number of carboxylic acid groups (broad SMARTS) is 1. The third-order valence-corrected chi connectivity index (χ3v) is 3.15. The maximum Gasteiger partial charge on any atom is 0.358 e. The molecule has 0 saturated heterocycles. The topological polar surface area (TPSA) is 94.0 Å². The molecule has 0 bridgehead atoms. The minimum Gasteiger partial charge on any atom is -0.476 e. The second-order valence-corrected chi connectivity index (χ2v) is 4.49. The number of halogens is 2. The van der Waals surface area contributed by atoms with E-state index in [4.69, 9.17) is 22.4 Å². The molecule has 0 aliphatic carbocycles. The fourth-order valence-electron chi connectivity index (χ4n) is 1.84. The van der Waals surface area contributed by atoms with Crippen LogP contribution in [0.15, 0.2) is 18.2 Å². The average molecular weight is 299 g/mol. The highest BCUT2D eigenvalue weighted by molar-refractivity contribution is 6.31. The number of carbonyl (C=O) groups is 1. The fraction of sp³-hybridized carbons (Fsp3) is 0.250. The Kier molecular flexibility index (Phi) is 4.31. The molecule has 0 aliphatic rings. The van der Waals surface area contributed by atoms with Crippen LogP contribution in [0.2, 0.25) is 5.02 Å². The molecule has 6 nitrogen and oxygen atoms in total. The highest BCUT2D eigenvalue weighted by Gasteiger charge is 2.19. The standard InChI is InChI=1S/C12H12ClFN4O2/c13-8-2-1-3-9(14)7(8)6-18-10(4-5-15)11(12(19)20)16-17-18/h1-3H,4-6,15H2,(H,19,20). The second kappa shape index (κ2) is 5.98. The Hall–Kier alpha value is -1.99. The number of nitrogens with zero attached hydrogens (tertiary/aromatic N) is 3. The van der Waals surface area contributed by atoms with E-state index in [-0.39, 0.29) is 35.8 Å². The predicted molar refractivity (Wildman–Crippen MR) is 70.3 cm³/mol. The van der Waals surface area contributed by atoms with Gasteiger partial charge in [-0.25, -0.2) is 13.9 Å². The number of carboxylic acids is 1. The van der Waals surface area contributed by atoms with Crippen LogP contribution in [-0.4, -0.2) is 32.6 Å². The van der Waals surface area contributed by atoms with Gasteiger partial charge >= 0.3 is 5.97 Å². The lowest BCUT2D eigenvalue weighted by molar-refractivity contribution is 0.0689. The van der Waals surface area contributed by atoms with Crippen LogP contribution in [0.4, 0.5) is 4.39 Å². The summed E-state index contributed by atoms with van der Waals surface area (Å²) in [4.78, 5) is 11.0. The summed E-state index contributed by atoms with van der Waals surface area (Å²) in [6.07, 6.45) is 0.278. The summed E-state index contributed by atoms with van der Waals surface area (Å²) in [5, 5.41) is 16.6. The molecule has 8 heteroatoms. The second-order valence-electron chi connectivity index (χ2n) is 4.09. The van der Waals surface area contributed by atoms with Crippen molar-refractivity contribution in [1.82, 2.24) is 15.0 Å². The number of rotatable bonds is 5. The molecule has 2 aromatic rings. The molecule has 0 fully saturated rings. The van der Waals surface area contributed by atoms with Crippen LogP contribution in [0.1, 0.15) is 21.7 Å². The van der Waals surface area contributed by atoms with Crippen molar-refractivity contribution in [3.05, 3.63) is 46.0 Å². The van der Waals surface area contributed by atoms with Crippen molar-refractivity contribution in [2.75, 3.05) is 6.54 Å². The molecule has 0 amide bonds. The number of aromatic nitrogens is 3. The minimum atomic E-state index is -1.20. The maximum atomic E-state index is 13.7. The van der Waals surface area contributed by atoms with E-state index in [1.807, 2.05) is 0 Å². The monoisotopic (exact) mass is 298 g/mol. The van der Waals surface area contributed by atoms with E-state index in [1.165, 1.54) is 16.8 Å². The van der Waals surface area contributed by atoms with Gasteiger partial charge in [0, 0.05) is 17.0 Å². The molecule has 0 aliphatic heterocycles. The third-order valence-electron chi connectivity index (χ3n) is 2.79. The Balaban J connectivity index is 2.41. The Morgan fingerprint density at radius 1 is 1.50 bits per heavy atom. The smallest absolute Gasteiger partial charge is 0.358 e. The van der Waals surface area contributed by atoms with E-state index in [0.29, 0.717) is 5.69 Å². The van der Waals surface area contributed by atoms with Gasteiger partial charge in [-0.05, 0) is 18.7 Å². The maximum absolute atomic E-state index is 13.7. The van der Waals surface area contributed by atoms with Crippen LogP contribution >= 0.6 is 11.6 Å². The van der Waals surface area contributed by atoms with Gasteiger partial charge in [0.15, 0.2) is 5.69 Å². The molecule has 0 radical (unpaired) electrons. The van der Waals surface area contributed by atoms with Crippen LogP contribution in [0.3, 0.4) is 0 Å². The first-order valence-corrected chi connectivity index (χ1v) is 6.21. The van der Waals surface area contributed by atoms with E-state index in [1.54, 1.807) is 6.07 Å². The van der Waals surface area contributed by atoms with Gasteiger partial charge in [-0.1, -0.05) is 22.9 Å². The van der Waals surface area contributed by atoms with Gasteiger partial charge < -0.3 is 10.8 Å². The molecule has 0 spiro atoms. The molecule has 1 heterocycles. The Bertz CT molecular complexity index is 624. The molecule has 1 aromatic heterocycles. The van der Waals surface area contributed by atoms with Crippen LogP contribution in [0.25, 0.3) is 0 Å². The van der Waals surface area contributed by atoms with Gasteiger partial charge in [0.25, 0.3) is 0 Å². The summed E-state index contributed by atoms with van der Waals surface area (Å²) < 4.78 is 15.0. The largest absolute Gasteiger partial charge is 0.476 e. The van der Waals surface area contributed by atoms with Crippen LogP contribution in [-0.2, 0) is 13.0 Å². The summed E-state index contributed by atoms with van der Waals surface area (Å²) in [6.45, 7) is 0.236. The molecule has 20 heavy (non-hydrogen) atoms. The first-order chi connectivity index (χ1) is 9.54. The molecular formula is C12H12ClFN4O2. The zero-order valence-electron chi connectivity index (χ0n) is 10.4. The van der Waals surface area contributed by atoms with Crippen molar-refractivity contribution in [3.8, 4) is 0 Å². The van der Waals surface area contributed by atoms with Gasteiger partial charge in [-0.3, -0.25) is 0 Å². The molecule has 106 valence electrons. The van der Waals surface area contributed by atoms with Crippen molar-refractivity contribution in [2.45, 2.75) is 13.0 Å². The summed E-state index contributed by atoms with van der Waals surface area (Å²) >= 11 is 5.94. The fourth-order valence-corrected chi connectivity index (χ4v) is 2.07. The summed E-state index contributed by atoms with van der Waals surface area (Å²) in [5.74, 6) is -1.68. The molecule has 1 aromatic carbocycles. The summed E-state index contributed by atoms with van der Waals surface area (Å²) in [5.41, 5.74) is 5.85. The van der Waals surface area contributed by atoms with Crippen LogP contribution in [0, 0.1) is 5.82 Å². The van der Waals surface area contributed by atoms with E-state index in [0.717, 1.165) is 0 Å². The van der Waals surface area contributed by atoms with Crippen LogP contribution in [0.5, 0.6) is 0 Å². The summed E-state index contributed by atoms with van der Waals surface area (Å²) in [6, 6.07) is 4.32. The minimum absolute atomic E-state index is 0.00111. The highest BCUT2D eigenvalue weighted by Crippen LogP contribution is 2.21. The first kappa shape index (κ1) is 14.4. The first-order valence-electron chi connectivity index (χ1n) is 5.83. The molecule has 0 unspecified atom stereocenters.